The standard InChI is InChI=1S/2C19H17NO7.C18H16N2O6.Ca.2H/c2*1-3-5-9-16-10(13(21)7-12(18(23)24)20(16)4-2)6-11-14(22)8-15(19(25)26)27-17(9)11;1-3-4-8-15-9(11(19-2)6-12(20-15)17(22)23)5-10-13(21)7-14(18(24)25)26-16(8)10;;;/h2*6-8H,3-5H2,1-2H3,(H,23,24)(H,25,26);5-7H,3-4H2,1-2H3,(H,19,20)(H,22,23)(H,24,25);;;. The summed E-state index contributed by atoms with van der Waals surface area (Å²) in [5.74, 6) is -9.30. The summed E-state index contributed by atoms with van der Waals surface area (Å²) in [4.78, 5) is 135. The fourth-order valence-corrected chi connectivity index (χ4v) is 9.62. The van der Waals surface area contributed by atoms with Crippen LogP contribution in [0.5, 0.6) is 0 Å². The van der Waals surface area contributed by atoms with Crippen molar-refractivity contribution in [3.05, 3.63) is 157 Å². The third-order valence-electron chi connectivity index (χ3n) is 12.9. The maximum absolute atomic E-state index is 12.6. The van der Waals surface area contributed by atoms with Crippen LogP contribution in [0.25, 0.3) is 65.6 Å². The van der Waals surface area contributed by atoms with Gasteiger partial charge in [0.1, 0.15) is 28.1 Å². The Hall–Kier alpha value is -9.00. The number of anilines is 1. The first-order valence-electron chi connectivity index (χ1n) is 24.8. The zero-order valence-electron chi connectivity index (χ0n) is 43.6. The van der Waals surface area contributed by atoms with Crippen molar-refractivity contribution in [2.45, 2.75) is 86.2 Å². The number of aromatic nitrogens is 3. The molecule has 24 nitrogen and oxygen atoms in total. The number of benzene rings is 3. The molecule has 0 bridgehead atoms. The molecule has 6 heterocycles. The maximum atomic E-state index is 12.6. The van der Waals surface area contributed by atoms with E-state index in [1.807, 2.05) is 20.8 Å². The van der Waals surface area contributed by atoms with Crippen molar-refractivity contribution in [2.75, 3.05) is 12.4 Å². The van der Waals surface area contributed by atoms with Crippen LogP contribution in [0.1, 0.15) is 134 Å². The minimum atomic E-state index is -1.39. The number of rotatable bonds is 15. The number of hydrogen-bond donors (Lipinski definition) is 7. The van der Waals surface area contributed by atoms with E-state index in [9.17, 15) is 78.3 Å². The van der Waals surface area contributed by atoms with Crippen LogP contribution in [-0.4, -0.2) is 125 Å². The number of aryl methyl sites for hydroxylation is 5. The Morgan fingerprint density at radius 3 is 1.09 bits per heavy atom. The quantitative estimate of drug-likeness (QED) is 0.0411. The summed E-state index contributed by atoms with van der Waals surface area (Å²) in [5.41, 5.74) is 0.0795. The molecule has 418 valence electrons. The molecule has 0 amide bonds. The number of nitrogens with zero attached hydrogens (tertiary/aromatic N) is 3. The molecular formula is C56H52CaN4O20. The molecule has 0 aliphatic carbocycles. The van der Waals surface area contributed by atoms with Crippen molar-refractivity contribution in [1.82, 2.24) is 14.1 Å². The average Bonchev–Trinajstić information content (AvgIpc) is 3.56. The summed E-state index contributed by atoms with van der Waals surface area (Å²) in [7, 11) is 1.64. The number of carboxylic acids is 6. The first-order chi connectivity index (χ1) is 38.0. The minimum absolute atomic E-state index is 0. The number of carbonyl (C=O) groups is 6. The Labute approximate surface area is 484 Å². The second-order valence-electron chi connectivity index (χ2n) is 18.0. The Balaban J connectivity index is 0.000000195. The van der Waals surface area contributed by atoms with Gasteiger partial charge in [0.2, 0.25) is 17.3 Å². The molecule has 0 spiro atoms. The van der Waals surface area contributed by atoms with E-state index in [2.05, 4.69) is 10.3 Å². The summed E-state index contributed by atoms with van der Waals surface area (Å²) < 4.78 is 19.3. The molecule has 81 heavy (non-hydrogen) atoms. The van der Waals surface area contributed by atoms with E-state index in [-0.39, 0.29) is 112 Å². The van der Waals surface area contributed by atoms with Gasteiger partial charge in [-0.05, 0) is 57.4 Å². The molecule has 7 N–H and O–H groups in total. The Kier molecular flexibility index (Phi) is 18.9. The molecule has 0 fully saturated rings. The SMILES string of the molecule is CCCc1c2nc(C(=O)O)cc(NC)c2cc2c(=O)cc(C(=O)O)oc12.CCCc1c2oc(C(=O)O)cc(=O)c2cc2c(=O)cc(C(=O)O)n(CC)c12.CCCc1c2oc(C(=O)O)cc(=O)c2cc2c(=O)cc(C(=O)O)n(CC)c12.[CaH2]. The summed E-state index contributed by atoms with van der Waals surface area (Å²) in [6, 6.07) is 10.4. The number of pyridine rings is 3. The third-order valence-corrected chi connectivity index (χ3v) is 12.9. The molecule has 9 aromatic rings. The molecule has 6 aromatic heterocycles. The van der Waals surface area contributed by atoms with E-state index in [1.165, 1.54) is 27.3 Å². The van der Waals surface area contributed by atoms with Crippen LogP contribution < -0.4 is 32.5 Å². The number of fused-ring (bicyclic) bond motifs is 6. The molecule has 0 saturated heterocycles. The Morgan fingerprint density at radius 2 is 0.778 bits per heavy atom. The summed E-state index contributed by atoms with van der Waals surface area (Å²) in [6.45, 7) is 9.66. The van der Waals surface area contributed by atoms with Gasteiger partial charge in [0.05, 0.1) is 32.7 Å². The van der Waals surface area contributed by atoms with Crippen molar-refractivity contribution in [3.8, 4) is 0 Å². The van der Waals surface area contributed by atoms with Crippen LogP contribution in [0.3, 0.4) is 0 Å². The van der Waals surface area contributed by atoms with Gasteiger partial charge in [-0.3, -0.25) is 24.0 Å². The topological polar surface area (TPSA) is 383 Å². The zero-order valence-corrected chi connectivity index (χ0v) is 43.6. The summed E-state index contributed by atoms with van der Waals surface area (Å²) in [5, 5.41) is 60.1. The Morgan fingerprint density at radius 1 is 0.444 bits per heavy atom. The van der Waals surface area contributed by atoms with Gasteiger partial charge in [0.25, 0.3) is 0 Å². The molecule has 0 radical (unpaired) electrons. The monoisotopic (exact) mass is 1140 g/mol. The zero-order chi connectivity index (χ0) is 58.8. The van der Waals surface area contributed by atoms with Gasteiger partial charge in [-0.25, -0.2) is 33.8 Å². The van der Waals surface area contributed by atoms with Gasteiger partial charge in [0, 0.05) is 89.0 Å². The fraction of sp³-hybridized carbons (Fsp3) is 0.250. The van der Waals surface area contributed by atoms with Gasteiger partial charge in [-0.15, -0.1) is 0 Å². The van der Waals surface area contributed by atoms with Crippen LogP contribution in [0.2, 0.25) is 0 Å². The van der Waals surface area contributed by atoms with Gasteiger partial charge < -0.3 is 58.3 Å². The van der Waals surface area contributed by atoms with Crippen LogP contribution >= 0.6 is 0 Å². The van der Waals surface area contributed by atoms with Crippen molar-refractivity contribution < 1.29 is 72.7 Å². The van der Waals surface area contributed by atoms with Gasteiger partial charge in [0.15, 0.2) is 32.8 Å². The molecule has 0 unspecified atom stereocenters. The summed E-state index contributed by atoms with van der Waals surface area (Å²) in [6.07, 6.45) is 3.10. The first-order valence-corrected chi connectivity index (χ1v) is 24.8. The molecule has 0 saturated carbocycles. The third kappa shape index (κ3) is 11.7. The fourth-order valence-electron chi connectivity index (χ4n) is 9.62. The van der Waals surface area contributed by atoms with Crippen LogP contribution in [-0.2, 0) is 32.4 Å². The van der Waals surface area contributed by atoms with Crippen LogP contribution in [0.4, 0.5) is 5.69 Å². The van der Waals surface area contributed by atoms with Gasteiger partial charge in [-0.2, -0.15) is 0 Å². The molecule has 0 aliphatic rings. The van der Waals surface area contributed by atoms with Crippen molar-refractivity contribution >= 4 is 145 Å². The van der Waals surface area contributed by atoms with E-state index >= 15 is 0 Å². The first kappa shape index (κ1) is 61.2. The second kappa shape index (κ2) is 25.0. The van der Waals surface area contributed by atoms with E-state index in [0.29, 0.717) is 82.8 Å². The molecular weight excluding hydrogens is 1090 g/mol. The Bertz CT molecular complexity index is 4260. The predicted octanol–water partition coefficient (Wildman–Crippen LogP) is 6.77. The number of nitrogens with one attached hydrogen (secondary N) is 1. The van der Waals surface area contributed by atoms with E-state index in [1.54, 1.807) is 27.0 Å². The predicted molar refractivity (Wildman–Crippen MR) is 299 cm³/mol. The molecule has 9 rings (SSSR count). The number of hydrogen-bond acceptors (Lipinski definition) is 16. The van der Waals surface area contributed by atoms with Crippen LogP contribution in [0.15, 0.2) is 91.8 Å². The van der Waals surface area contributed by atoms with E-state index in [0.717, 1.165) is 30.3 Å². The molecule has 0 atom stereocenters. The van der Waals surface area contributed by atoms with E-state index < -0.39 is 80.2 Å². The number of carboxylic acid groups (broad SMARTS) is 6. The average molecular weight is 1140 g/mol. The molecule has 3 aromatic carbocycles. The molecule has 25 heteroatoms. The summed E-state index contributed by atoms with van der Waals surface area (Å²) >= 11 is 0. The van der Waals surface area contributed by atoms with Gasteiger partial charge >= 0.3 is 73.6 Å². The van der Waals surface area contributed by atoms with Gasteiger partial charge in [-0.1, -0.05) is 40.0 Å². The van der Waals surface area contributed by atoms with Crippen molar-refractivity contribution in [2.24, 2.45) is 0 Å². The van der Waals surface area contributed by atoms with Crippen molar-refractivity contribution in [3.63, 3.8) is 0 Å². The number of aromatic carboxylic acids is 6. The van der Waals surface area contributed by atoms with Crippen LogP contribution in [0, 0.1) is 0 Å². The molecule has 0 aliphatic heterocycles. The van der Waals surface area contributed by atoms with Crippen molar-refractivity contribution in [1.29, 1.82) is 0 Å². The second-order valence-corrected chi connectivity index (χ2v) is 18.0. The normalized spacial score (nSPS) is 11.0. The van der Waals surface area contributed by atoms with E-state index in [4.69, 9.17) is 18.4 Å².